The second-order valence-electron chi connectivity index (χ2n) is 7.25. The molecule has 2 aliphatic rings. The highest BCUT2D eigenvalue weighted by Crippen LogP contribution is 2.21. The van der Waals surface area contributed by atoms with Crippen molar-refractivity contribution in [2.24, 2.45) is 0 Å². The fraction of sp³-hybridized carbons (Fsp3) is 0.381. The van der Waals surface area contributed by atoms with Gasteiger partial charge in [0.25, 0.3) is 5.91 Å². The van der Waals surface area contributed by atoms with Crippen LogP contribution in [0.25, 0.3) is 0 Å². The molecule has 1 aromatic heterocycles. The maximum Gasteiger partial charge on any atom is 0.254 e. The van der Waals surface area contributed by atoms with E-state index in [9.17, 15) is 14.0 Å². The number of pyridine rings is 1. The van der Waals surface area contributed by atoms with Crippen LogP contribution in [0.2, 0.25) is 0 Å². The Morgan fingerprint density at radius 3 is 2.46 bits per heavy atom. The van der Waals surface area contributed by atoms with Gasteiger partial charge in [-0.15, -0.1) is 0 Å². The van der Waals surface area contributed by atoms with Crippen molar-refractivity contribution in [3.63, 3.8) is 0 Å². The lowest BCUT2D eigenvalue weighted by Crippen LogP contribution is -2.56. The van der Waals surface area contributed by atoms with Gasteiger partial charge >= 0.3 is 0 Å². The molecular weight excluding hydrogens is 359 g/mol. The molecule has 4 rings (SSSR count). The van der Waals surface area contributed by atoms with Gasteiger partial charge in [-0.1, -0.05) is 12.1 Å². The number of hydrogen-bond donors (Lipinski definition) is 0. The minimum atomic E-state index is -0.275. The van der Waals surface area contributed by atoms with E-state index in [1.54, 1.807) is 36.7 Å². The number of amides is 2. The third-order valence-electron chi connectivity index (χ3n) is 5.53. The van der Waals surface area contributed by atoms with Gasteiger partial charge in [-0.25, -0.2) is 4.39 Å². The maximum atomic E-state index is 13.1. The van der Waals surface area contributed by atoms with Crippen LogP contribution in [-0.2, 0) is 11.3 Å². The molecule has 146 valence electrons. The Morgan fingerprint density at radius 1 is 1.00 bits per heavy atom. The molecule has 1 atom stereocenters. The quantitative estimate of drug-likeness (QED) is 0.812. The number of halogens is 1. The minimum absolute atomic E-state index is 0.0159. The van der Waals surface area contributed by atoms with Gasteiger partial charge in [0, 0.05) is 57.2 Å². The summed E-state index contributed by atoms with van der Waals surface area (Å²) in [6.45, 7) is 3.78. The number of hydrogen-bond acceptors (Lipinski definition) is 4. The number of aromatic nitrogens is 1. The summed E-state index contributed by atoms with van der Waals surface area (Å²) < 4.78 is 13.1. The topological polar surface area (TPSA) is 56.8 Å². The number of fused-ring (bicyclic) bond motifs is 1. The van der Waals surface area contributed by atoms with Crippen molar-refractivity contribution in [3.05, 3.63) is 65.7 Å². The summed E-state index contributed by atoms with van der Waals surface area (Å²) in [5, 5.41) is 0. The molecule has 0 spiro atoms. The molecule has 0 aliphatic carbocycles. The minimum Gasteiger partial charge on any atom is -0.337 e. The molecular formula is C21H23FN4O2. The van der Waals surface area contributed by atoms with E-state index in [-0.39, 0.29) is 23.7 Å². The van der Waals surface area contributed by atoms with E-state index in [1.807, 2.05) is 9.80 Å². The monoisotopic (exact) mass is 382 g/mol. The van der Waals surface area contributed by atoms with Crippen molar-refractivity contribution in [1.82, 2.24) is 19.7 Å². The van der Waals surface area contributed by atoms with E-state index in [1.165, 1.54) is 12.1 Å². The second-order valence-corrected chi connectivity index (χ2v) is 7.25. The molecule has 0 N–H and O–H groups in total. The maximum absolute atomic E-state index is 13.1. The van der Waals surface area contributed by atoms with Gasteiger partial charge in [-0.3, -0.25) is 19.5 Å². The first-order valence-corrected chi connectivity index (χ1v) is 9.58. The van der Waals surface area contributed by atoms with Gasteiger partial charge in [-0.2, -0.15) is 0 Å². The highest BCUT2D eigenvalue weighted by molar-refractivity contribution is 5.94. The van der Waals surface area contributed by atoms with Crippen LogP contribution in [0.5, 0.6) is 0 Å². The Morgan fingerprint density at radius 2 is 1.71 bits per heavy atom. The van der Waals surface area contributed by atoms with Gasteiger partial charge in [0.05, 0.1) is 6.04 Å². The Bertz CT molecular complexity index is 843. The zero-order valence-corrected chi connectivity index (χ0v) is 15.6. The van der Waals surface area contributed by atoms with Gasteiger partial charge < -0.3 is 9.80 Å². The number of piperazine rings is 1. The first-order chi connectivity index (χ1) is 13.6. The largest absolute Gasteiger partial charge is 0.337 e. The van der Waals surface area contributed by atoms with Crippen LogP contribution < -0.4 is 0 Å². The first kappa shape index (κ1) is 18.6. The molecule has 7 heteroatoms. The van der Waals surface area contributed by atoms with E-state index < -0.39 is 0 Å². The Labute approximate surface area is 163 Å². The van der Waals surface area contributed by atoms with Gasteiger partial charge in [0.1, 0.15) is 5.82 Å². The fourth-order valence-electron chi connectivity index (χ4n) is 3.94. The lowest BCUT2D eigenvalue weighted by atomic mass is 10.1. The summed E-state index contributed by atoms with van der Waals surface area (Å²) in [6.07, 6.45) is 3.85. The molecule has 2 aliphatic heterocycles. The Kier molecular flexibility index (Phi) is 5.34. The van der Waals surface area contributed by atoms with E-state index in [2.05, 4.69) is 9.88 Å². The van der Waals surface area contributed by atoms with Crippen LogP contribution in [-0.4, -0.2) is 70.3 Å². The van der Waals surface area contributed by atoms with Crippen LogP contribution in [0.15, 0.2) is 48.8 Å². The standard InChI is InChI=1S/C21H23FN4O2/c22-18-3-1-16(2-4-18)15-26-14-12-24-11-13-25(10-7-19(24)21(26)28)20(27)17-5-8-23-9-6-17/h1-6,8-9,19H,7,10-15H2. The van der Waals surface area contributed by atoms with E-state index >= 15 is 0 Å². The molecule has 1 aromatic carbocycles. The summed E-state index contributed by atoms with van der Waals surface area (Å²) in [5.41, 5.74) is 1.55. The van der Waals surface area contributed by atoms with Crippen molar-refractivity contribution in [1.29, 1.82) is 0 Å². The van der Waals surface area contributed by atoms with Crippen LogP contribution in [0.4, 0.5) is 4.39 Å². The number of nitrogens with zero attached hydrogens (tertiary/aromatic N) is 4. The predicted octanol–water partition coefficient (Wildman–Crippen LogP) is 1.78. The first-order valence-electron chi connectivity index (χ1n) is 9.58. The SMILES string of the molecule is O=C(c1ccncc1)N1CCC2C(=O)N(Cc3ccc(F)cc3)CCN2CC1. The summed E-state index contributed by atoms with van der Waals surface area (Å²) >= 11 is 0. The normalized spacial score (nSPS) is 20.6. The zero-order chi connectivity index (χ0) is 19.5. The molecule has 2 amide bonds. The van der Waals surface area contributed by atoms with Crippen molar-refractivity contribution in [2.75, 3.05) is 32.7 Å². The Balaban J connectivity index is 1.42. The average molecular weight is 382 g/mol. The summed E-state index contributed by atoms with van der Waals surface area (Å²) in [6, 6.07) is 9.51. The number of carbonyl (C=O) groups excluding carboxylic acids is 2. The molecule has 0 radical (unpaired) electrons. The van der Waals surface area contributed by atoms with Gasteiger partial charge in [0.15, 0.2) is 0 Å². The van der Waals surface area contributed by atoms with Crippen LogP contribution in [0, 0.1) is 5.82 Å². The molecule has 2 fully saturated rings. The van der Waals surface area contributed by atoms with E-state index in [0.29, 0.717) is 44.7 Å². The van der Waals surface area contributed by atoms with Crippen molar-refractivity contribution in [3.8, 4) is 0 Å². The van der Waals surface area contributed by atoms with E-state index in [0.717, 1.165) is 12.1 Å². The van der Waals surface area contributed by atoms with Crippen LogP contribution >= 0.6 is 0 Å². The summed E-state index contributed by atoms with van der Waals surface area (Å²) in [4.78, 5) is 35.6. The number of benzene rings is 1. The highest BCUT2D eigenvalue weighted by Gasteiger charge is 2.37. The lowest BCUT2D eigenvalue weighted by molar-refractivity contribution is -0.142. The molecule has 6 nitrogen and oxygen atoms in total. The van der Waals surface area contributed by atoms with Crippen molar-refractivity contribution >= 4 is 11.8 Å². The lowest BCUT2D eigenvalue weighted by Gasteiger charge is -2.39. The summed E-state index contributed by atoms with van der Waals surface area (Å²) in [7, 11) is 0. The second kappa shape index (κ2) is 8.06. The Hall–Kier alpha value is -2.80. The van der Waals surface area contributed by atoms with Gasteiger partial charge in [0.2, 0.25) is 5.91 Å². The van der Waals surface area contributed by atoms with Crippen LogP contribution in [0.3, 0.4) is 0 Å². The fourth-order valence-corrected chi connectivity index (χ4v) is 3.94. The molecule has 0 saturated carbocycles. The molecule has 2 saturated heterocycles. The zero-order valence-electron chi connectivity index (χ0n) is 15.6. The van der Waals surface area contributed by atoms with Crippen LogP contribution in [0.1, 0.15) is 22.3 Å². The summed E-state index contributed by atoms with van der Waals surface area (Å²) in [5.74, 6) is -0.200. The third kappa shape index (κ3) is 3.89. The smallest absolute Gasteiger partial charge is 0.254 e. The average Bonchev–Trinajstić information content (AvgIpc) is 2.95. The molecule has 3 heterocycles. The predicted molar refractivity (Wildman–Crippen MR) is 102 cm³/mol. The molecule has 1 unspecified atom stereocenters. The van der Waals surface area contributed by atoms with Gasteiger partial charge in [-0.05, 0) is 36.2 Å². The molecule has 2 aromatic rings. The number of rotatable bonds is 3. The van der Waals surface area contributed by atoms with Crippen molar-refractivity contribution in [2.45, 2.75) is 19.0 Å². The highest BCUT2D eigenvalue weighted by atomic mass is 19.1. The molecule has 0 bridgehead atoms. The molecule has 28 heavy (non-hydrogen) atoms. The number of carbonyl (C=O) groups is 2. The van der Waals surface area contributed by atoms with Crippen molar-refractivity contribution < 1.29 is 14.0 Å². The van der Waals surface area contributed by atoms with E-state index in [4.69, 9.17) is 0 Å². The third-order valence-corrected chi connectivity index (χ3v) is 5.53.